The first-order valence-corrected chi connectivity index (χ1v) is 17.9. The largest absolute Gasteiger partial charge is 0.458 e. The van der Waals surface area contributed by atoms with E-state index < -0.39 is 96.9 Å². The lowest BCUT2D eigenvalue weighted by Crippen LogP contribution is -2.63. The summed E-state index contributed by atoms with van der Waals surface area (Å²) in [7, 11) is 0. The van der Waals surface area contributed by atoms with Crippen molar-refractivity contribution >= 4 is 35.5 Å². The number of ether oxygens (including phenoxy) is 1. The molecule has 1 heterocycles. The molecule has 0 spiro atoms. The number of rotatable bonds is 17. The molecule has 0 saturated carbocycles. The molecule has 0 bridgehead atoms. The number of aliphatic hydroxyl groups is 2. The molecule has 0 aromatic heterocycles. The fourth-order valence-corrected chi connectivity index (χ4v) is 5.25. The average molecular weight is 696 g/mol. The lowest BCUT2D eigenvalue weighted by molar-refractivity contribution is -0.157. The van der Waals surface area contributed by atoms with Crippen LogP contribution in [0.3, 0.4) is 0 Å². The molecule has 0 aromatic rings. The highest BCUT2D eigenvalue weighted by atomic mass is 16.5. The monoisotopic (exact) mass is 695 g/mol. The van der Waals surface area contributed by atoms with Crippen molar-refractivity contribution in [2.24, 2.45) is 11.8 Å². The summed E-state index contributed by atoms with van der Waals surface area (Å²) >= 11 is 0. The zero-order valence-corrected chi connectivity index (χ0v) is 30.2. The molecule has 5 amide bonds. The maximum Gasteiger partial charge on any atom is 0.329 e. The van der Waals surface area contributed by atoms with E-state index in [2.05, 4.69) is 39.6 Å². The second-order valence-corrected chi connectivity index (χ2v) is 13.2. The van der Waals surface area contributed by atoms with E-state index in [9.17, 15) is 39.0 Å². The molecule has 1 aliphatic rings. The fourth-order valence-electron chi connectivity index (χ4n) is 5.25. The number of amides is 5. The van der Waals surface area contributed by atoms with Crippen molar-refractivity contribution in [2.45, 2.75) is 148 Å². The van der Waals surface area contributed by atoms with E-state index in [-0.39, 0.29) is 6.42 Å². The van der Waals surface area contributed by atoms with Crippen LogP contribution in [0.2, 0.25) is 0 Å². The summed E-state index contributed by atoms with van der Waals surface area (Å²) < 4.78 is 5.65. The zero-order valence-electron chi connectivity index (χ0n) is 30.2. The Morgan fingerprint density at radius 2 is 1.29 bits per heavy atom. The van der Waals surface area contributed by atoms with Gasteiger partial charge in [-0.15, -0.1) is 0 Å². The first kappa shape index (κ1) is 43.5. The number of hydrogen-bond donors (Lipinski definition) is 7. The van der Waals surface area contributed by atoms with E-state index in [4.69, 9.17) is 4.74 Å². The normalized spacial score (nSPS) is 25.3. The highest BCUT2D eigenvalue weighted by Gasteiger charge is 2.38. The van der Waals surface area contributed by atoms with Gasteiger partial charge in [-0.05, 0) is 44.4 Å². The Hall–Kier alpha value is -3.52. The molecule has 1 fully saturated rings. The maximum atomic E-state index is 13.5. The van der Waals surface area contributed by atoms with Crippen LogP contribution in [0.1, 0.15) is 112 Å². The molecule has 7 unspecified atom stereocenters. The third-order valence-electron chi connectivity index (χ3n) is 8.68. The van der Waals surface area contributed by atoms with E-state index in [1.54, 1.807) is 20.8 Å². The molecular weight excluding hydrogens is 634 g/mol. The van der Waals surface area contributed by atoms with Gasteiger partial charge in [-0.1, -0.05) is 85.3 Å². The predicted octanol–water partition coefficient (Wildman–Crippen LogP) is 1.52. The number of carbonyl (C=O) groups excluding carboxylic acids is 6. The summed E-state index contributed by atoms with van der Waals surface area (Å²) in [6.07, 6.45) is 12.9. The van der Waals surface area contributed by atoms with Crippen molar-refractivity contribution in [1.82, 2.24) is 26.6 Å². The standard InChI is InChI=1S/C35H61N5O9/c1-7-9-10-11-12-13-14-15-16-17-18-19-27(43)38-30-24(6)49-35(48)29(23(5)8-2)40-33(46)28(22(3)4)39-32(45)26(21-42)36-31(44)25(20-41)37-34(30)47/h15-16,22-26,28-30,41-42H,7-14,17-21H2,1-6H3,(H,36,44)(H,37,47)(H,38,43)(H,39,45)(H,40,46). The molecular formula is C35H61N5O9. The third-order valence-corrected chi connectivity index (χ3v) is 8.68. The lowest BCUT2D eigenvalue weighted by atomic mass is 9.97. The molecule has 1 aliphatic heterocycles. The number of allylic oxidation sites excluding steroid dienone is 2. The van der Waals surface area contributed by atoms with Gasteiger partial charge in [0.1, 0.15) is 36.3 Å². The van der Waals surface area contributed by atoms with Crippen LogP contribution < -0.4 is 26.6 Å². The van der Waals surface area contributed by atoms with Crippen LogP contribution in [-0.4, -0.2) is 95.2 Å². The fraction of sp³-hybridized carbons (Fsp3) is 0.771. The van der Waals surface area contributed by atoms with E-state index in [1.165, 1.54) is 39.0 Å². The summed E-state index contributed by atoms with van der Waals surface area (Å²) in [5.41, 5.74) is 0. The van der Waals surface area contributed by atoms with Gasteiger partial charge in [-0.2, -0.15) is 0 Å². The van der Waals surface area contributed by atoms with Crippen molar-refractivity contribution in [3.8, 4) is 0 Å². The van der Waals surface area contributed by atoms with Crippen molar-refractivity contribution in [3.63, 3.8) is 0 Å². The lowest BCUT2D eigenvalue weighted by Gasteiger charge is -2.31. The topological polar surface area (TPSA) is 212 Å². The van der Waals surface area contributed by atoms with Crippen LogP contribution in [0.5, 0.6) is 0 Å². The van der Waals surface area contributed by atoms with E-state index >= 15 is 0 Å². The second-order valence-electron chi connectivity index (χ2n) is 13.2. The summed E-state index contributed by atoms with van der Waals surface area (Å²) in [6.45, 7) is 8.75. The molecule has 1 rings (SSSR count). The number of carbonyl (C=O) groups is 6. The molecule has 0 aromatic carbocycles. The third kappa shape index (κ3) is 15.7. The zero-order chi connectivity index (χ0) is 36.9. The molecule has 49 heavy (non-hydrogen) atoms. The SMILES string of the molecule is CCCCCCCCC=CCCCC(=O)NC1C(=O)NC(CO)C(=O)NC(CO)C(=O)NC(C(C)C)C(=O)NC(C(C)CC)C(=O)OC1C. The molecule has 280 valence electrons. The van der Waals surface area contributed by atoms with Gasteiger partial charge in [0, 0.05) is 6.42 Å². The van der Waals surface area contributed by atoms with Gasteiger partial charge in [0.25, 0.3) is 0 Å². The minimum atomic E-state index is -1.58. The summed E-state index contributed by atoms with van der Waals surface area (Å²) in [6, 6.07) is -6.88. The van der Waals surface area contributed by atoms with Gasteiger partial charge in [-0.25, -0.2) is 4.79 Å². The smallest absolute Gasteiger partial charge is 0.329 e. The quantitative estimate of drug-likeness (QED) is 0.0667. The Kier molecular flexibility index (Phi) is 21.1. The highest BCUT2D eigenvalue weighted by Crippen LogP contribution is 2.15. The van der Waals surface area contributed by atoms with Crippen molar-refractivity contribution in [1.29, 1.82) is 0 Å². The van der Waals surface area contributed by atoms with Gasteiger partial charge in [-0.3, -0.25) is 24.0 Å². The Balaban J connectivity index is 3.19. The van der Waals surface area contributed by atoms with E-state index in [1.807, 2.05) is 13.0 Å². The molecule has 14 heteroatoms. The second kappa shape index (κ2) is 23.8. The van der Waals surface area contributed by atoms with Crippen LogP contribution in [0.15, 0.2) is 12.2 Å². The molecule has 1 saturated heterocycles. The number of hydrogen-bond acceptors (Lipinski definition) is 9. The maximum absolute atomic E-state index is 13.5. The molecule has 0 aliphatic carbocycles. The Morgan fingerprint density at radius 1 is 0.755 bits per heavy atom. The van der Waals surface area contributed by atoms with Gasteiger partial charge in [0.05, 0.1) is 13.2 Å². The van der Waals surface area contributed by atoms with E-state index in [0.717, 1.165) is 12.8 Å². The van der Waals surface area contributed by atoms with Crippen LogP contribution in [0, 0.1) is 11.8 Å². The summed E-state index contributed by atoms with van der Waals surface area (Å²) in [4.78, 5) is 79.3. The molecule has 0 radical (unpaired) electrons. The van der Waals surface area contributed by atoms with Crippen molar-refractivity contribution < 1.29 is 43.7 Å². The minimum absolute atomic E-state index is 0.0746. The Morgan fingerprint density at radius 3 is 1.86 bits per heavy atom. The van der Waals surface area contributed by atoms with Crippen LogP contribution in [-0.2, 0) is 33.5 Å². The number of unbranched alkanes of at least 4 members (excludes halogenated alkanes) is 7. The summed E-state index contributed by atoms with van der Waals surface area (Å²) in [5, 5.41) is 32.2. The van der Waals surface area contributed by atoms with Gasteiger partial charge >= 0.3 is 5.97 Å². The number of esters is 1. The Bertz CT molecular complexity index is 1100. The molecule has 14 nitrogen and oxygen atoms in total. The van der Waals surface area contributed by atoms with Crippen LogP contribution >= 0.6 is 0 Å². The average Bonchev–Trinajstić information content (AvgIpc) is 3.06. The summed E-state index contributed by atoms with van der Waals surface area (Å²) in [5.74, 6) is -5.72. The number of aliphatic hydroxyl groups excluding tert-OH is 2. The Labute approximate surface area is 291 Å². The van der Waals surface area contributed by atoms with Crippen molar-refractivity contribution in [3.05, 3.63) is 12.2 Å². The highest BCUT2D eigenvalue weighted by molar-refractivity contribution is 5.96. The first-order chi connectivity index (χ1) is 23.3. The van der Waals surface area contributed by atoms with Crippen molar-refractivity contribution in [2.75, 3.05) is 13.2 Å². The van der Waals surface area contributed by atoms with Crippen LogP contribution in [0.25, 0.3) is 0 Å². The molecule has 7 atom stereocenters. The number of cyclic esters (lactones) is 1. The van der Waals surface area contributed by atoms with Gasteiger partial charge < -0.3 is 41.5 Å². The predicted molar refractivity (Wildman–Crippen MR) is 185 cm³/mol. The first-order valence-electron chi connectivity index (χ1n) is 17.9. The number of nitrogens with one attached hydrogen (secondary N) is 5. The van der Waals surface area contributed by atoms with Gasteiger partial charge in [0.2, 0.25) is 29.5 Å². The molecule has 7 N–H and O–H groups in total. The van der Waals surface area contributed by atoms with Crippen LogP contribution in [0.4, 0.5) is 0 Å². The minimum Gasteiger partial charge on any atom is -0.458 e. The van der Waals surface area contributed by atoms with E-state index in [0.29, 0.717) is 19.3 Å². The van der Waals surface area contributed by atoms with Gasteiger partial charge in [0.15, 0.2) is 0 Å².